The van der Waals surface area contributed by atoms with Crippen LogP contribution in [0, 0.1) is 6.92 Å². The second-order valence-electron chi connectivity index (χ2n) is 6.64. The monoisotopic (exact) mass is 423 g/mol. The fourth-order valence-corrected chi connectivity index (χ4v) is 3.43. The van der Waals surface area contributed by atoms with Crippen molar-refractivity contribution in [3.05, 3.63) is 53.2 Å². The van der Waals surface area contributed by atoms with Crippen LogP contribution in [0.4, 0.5) is 24.8 Å². The molecular formula is C18H17ClF3N7. The quantitative estimate of drug-likeness (QED) is 0.643. The van der Waals surface area contributed by atoms with Crippen molar-refractivity contribution in [3.8, 4) is 5.82 Å². The lowest BCUT2D eigenvalue weighted by atomic mass is 10.2. The van der Waals surface area contributed by atoms with Gasteiger partial charge in [-0.2, -0.15) is 18.3 Å². The zero-order chi connectivity index (χ0) is 20.6. The molecule has 0 spiro atoms. The number of rotatable bonds is 3. The minimum absolute atomic E-state index is 0.00773. The molecule has 0 N–H and O–H groups in total. The van der Waals surface area contributed by atoms with Crippen LogP contribution in [0.5, 0.6) is 0 Å². The standard InChI is InChI=1S/C18H17ClF3N7/c1-12-2-3-29(26-12)16-9-15(24-11-25-16)27-4-6-28(7-5-27)17-14(19)8-13(10-23-17)18(20,21)22/h2-3,8-11H,4-7H2,1H3. The van der Waals surface area contributed by atoms with Gasteiger partial charge in [-0.25, -0.2) is 19.6 Å². The van der Waals surface area contributed by atoms with Gasteiger partial charge in [-0.05, 0) is 19.1 Å². The van der Waals surface area contributed by atoms with Crippen LogP contribution >= 0.6 is 11.6 Å². The van der Waals surface area contributed by atoms with Gasteiger partial charge in [-0.15, -0.1) is 0 Å². The maximum absolute atomic E-state index is 12.8. The van der Waals surface area contributed by atoms with Crippen molar-refractivity contribution in [3.63, 3.8) is 0 Å². The van der Waals surface area contributed by atoms with Crippen molar-refractivity contribution in [2.24, 2.45) is 0 Å². The molecule has 0 saturated carbocycles. The zero-order valence-corrected chi connectivity index (χ0v) is 16.2. The van der Waals surface area contributed by atoms with Crippen LogP contribution in [0.15, 0.2) is 36.9 Å². The van der Waals surface area contributed by atoms with Crippen molar-refractivity contribution in [1.82, 2.24) is 24.7 Å². The Kier molecular flexibility index (Phi) is 5.03. The summed E-state index contributed by atoms with van der Waals surface area (Å²) in [6, 6.07) is 4.66. The highest BCUT2D eigenvalue weighted by Gasteiger charge is 2.32. The third kappa shape index (κ3) is 4.12. The normalized spacial score (nSPS) is 15.1. The van der Waals surface area contributed by atoms with Crippen LogP contribution in [-0.2, 0) is 6.18 Å². The Bertz CT molecular complexity index is 1010. The van der Waals surface area contributed by atoms with Gasteiger partial charge >= 0.3 is 6.18 Å². The predicted molar refractivity (Wildman–Crippen MR) is 103 cm³/mol. The van der Waals surface area contributed by atoms with Gasteiger partial charge in [0.2, 0.25) is 0 Å². The van der Waals surface area contributed by atoms with Crippen LogP contribution in [0.1, 0.15) is 11.3 Å². The van der Waals surface area contributed by atoms with E-state index in [-0.39, 0.29) is 5.02 Å². The summed E-state index contributed by atoms with van der Waals surface area (Å²) in [6.07, 6.45) is -0.331. The largest absolute Gasteiger partial charge is 0.417 e. The highest BCUT2D eigenvalue weighted by molar-refractivity contribution is 6.33. The fourth-order valence-electron chi connectivity index (χ4n) is 3.14. The molecule has 0 bridgehead atoms. The van der Waals surface area contributed by atoms with E-state index < -0.39 is 11.7 Å². The SMILES string of the molecule is Cc1ccn(-c2cc(N3CCN(c4ncc(C(F)(F)F)cc4Cl)CC3)ncn2)n1. The molecule has 0 aliphatic carbocycles. The third-order valence-electron chi connectivity index (χ3n) is 4.65. The maximum Gasteiger partial charge on any atom is 0.417 e. The third-order valence-corrected chi connectivity index (χ3v) is 4.93. The average molecular weight is 424 g/mol. The molecule has 1 saturated heterocycles. The molecule has 0 amide bonds. The Labute approximate surface area is 169 Å². The lowest BCUT2D eigenvalue weighted by molar-refractivity contribution is -0.137. The Balaban J connectivity index is 1.46. The summed E-state index contributed by atoms with van der Waals surface area (Å²) in [6.45, 7) is 4.25. The van der Waals surface area contributed by atoms with Crippen LogP contribution in [0.2, 0.25) is 5.02 Å². The summed E-state index contributed by atoms with van der Waals surface area (Å²) in [5.41, 5.74) is 0.0342. The fraction of sp³-hybridized carbons (Fsp3) is 0.333. The highest BCUT2D eigenvalue weighted by Crippen LogP contribution is 2.33. The first kappa shape index (κ1) is 19.4. The van der Waals surface area contributed by atoms with E-state index in [1.807, 2.05) is 30.2 Å². The van der Waals surface area contributed by atoms with Gasteiger partial charge in [-0.1, -0.05) is 11.6 Å². The number of anilines is 2. The summed E-state index contributed by atoms with van der Waals surface area (Å²) in [5, 5.41) is 4.34. The molecule has 1 fully saturated rings. The molecule has 29 heavy (non-hydrogen) atoms. The Hall–Kier alpha value is -2.88. The Morgan fingerprint density at radius 3 is 2.28 bits per heavy atom. The van der Waals surface area contributed by atoms with Crippen LogP contribution < -0.4 is 9.80 Å². The molecule has 3 aromatic rings. The summed E-state index contributed by atoms with van der Waals surface area (Å²) in [7, 11) is 0. The molecule has 0 unspecified atom stereocenters. The molecular weight excluding hydrogens is 407 g/mol. The second-order valence-corrected chi connectivity index (χ2v) is 7.04. The summed E-state index contributed by atoms with van der Waals surface area (Å²) in [5.74, 6) is 1.78. The summed E-state index contributed by atoms with van der Waals surface area (Å²) < 4.78 is 40.1. The van der Waals surface area contributed by atoms with Crippen LogP contribution in [0.3, 0.4) is 0 Å². The number of alkyl halides is 3. The predicted octanol–water partition coefficient (Wildman–Crippen LogP) is 3.36. The van der Waals surface area contributed by atoms with Gasteiger partial charge in [-0.3, -0.25) is 0 Å². The van der Waals surface area contributed by atoms with Crippen molar-refractivity contribution >= 4 is 23.2 Å². The Morgan fingerprint density at radius 1 is 0.966 bits per heavy atom. The molecule has 1 aliphatic heterocycles. The number of hydrogen-bond acceptors (Lipinski definition) is 6. The number of piperazine rings is 1. The van der Waals surface area contributed by atoms with Crippen molar-refractivity contribution in [1.29, 1.82) is 0 Å². The van der Waals surface area contributed by atoms with E-state index in [1.54, 1.807) is 4.68 Å². The molecule has 0 atom stereocenters. The number of nitrogens with zero attached hydrogens (tertiary/aromatic N) is 7. The van der Waals surface area contributed by atoms with Crippen LogP contribution in [-0.4, -0.2) is 50.9 Å². The molecule has 0 radical (unpaired) electrons. The molecule has 7 nitrogen and oxygen atoms in total. The molecule has 11 heteroatoms. The van der Waals surface area contributed by atoms with E-state index in [1.165, 1.54) is 6.33 Å². The van der Waals surface area contributed by atoms with E-state index in [0.717, 1.165) is 23.8 Å². The number of pyridine rings is 1. The van der Waals surface area contributed by atoms with Crippen LogP contribution in [0.25, 0.3) is 5.82 Å². The second kappa shape index (κ2) is 7.51. The molecule has 152 valence electrons. The number of aryl methyl sites for hydroxylation is 1. The maximum atomic E-state index is 12.8. The zero-order valence-electron chi connectivity index (χ0n) is 15.4. The van der Waals surface area contributed by atoms with Crippen molar-refractivity contribution in [2.45, 2.75) is 13.1 Å². The topological polar surface area (TPSA) is 63.0 Å². The van der Waals surface area contributed by atoms with E-state index in [4.69, 9.17) is 11.6 Å². The number of halogens is 4. The average Bonchev–Trinajstić information content (AvgIpc) is 3.14. The van der Waals surface area contributed by atoms with E-state index >= 15 is 0 Å². The molecule has 3 aromatic heterocycles. The smallest absolute Gasteiger partial charge is 0.353 e. The Morgan fingerprint density at radius 2 is 1.66 bits per heavy atom. The molecule has 0 aromatic carbocycles. The van der Waals surface area contributed by atoms with Gasteiger partial charge in [0.1, 0.15) is 18.0 Å². The van der Waals surface area contributed by atoms with Gasteiger partial charge in [0, 0.05) is 44.6 Å². The first-order valence-corrected chi connectivity index (χ1v) is 9.26. The van der Waals surface area contributed by atoms with E-state index in [0.29, 0.717) is 37.8 Å². The van der Waals surface area contributed by atoms with Gasteiger partial charge < -0.3 is 9.80 Å². The van der Waals surface area contributed by atoms with E-state index in [2.05, 4.69) is 25.0 Å². The first-order chi connectivity index (χ1) is 13.8. The molecule has 4 heterocycles. The van der Waals surface area contributed by atoms with Gasteiger partial charge in [0.25, 0.3) is 0 Å². The summed E-state index contributed by atoms with van der Waals surface area (Å²) in [4.78, 5) is 16.5. The lowest BCUT2D eigenvalue weighted by Gasteiger charge is -2.36. The lowest BCUT2D eigenvalue weighted by Crippen LogP contribution is -2.47. The summed E-state index contributed by atoms with van der Waals surface area (Å²) >= 11 is 6.06. The highest BCUT2D eigenvalue weighted by atomic mass is 35.5. The minimum atomic E-state index is -4.47. The van der Waals surface area contributed by atoms with Crippen molar-refractivity contribution in [2.75, 3.05) is 36.0 Å². The van der Waals surface area contributed by atoms with Gasteiger partial charge in [0.05, 0.1) is 16.3 Å². The first-order valence-electron chi connectivity index (χ1n) is 8.88. The number of hydrogen-bond donors (Lipinski definition) is 0. The van der Waals surface area contributed by atoms with Gasteiger partial charge in [0.15, 0.2) is 5.82 Å². The van der Waals surface area contributed by atoms with Crippen molar-refractivity contribution < 1.29 is 13.2 Å². The number of aromatic nitrogens is 5. The molecule has 4 rings (SSSR count). The molecule has 1 aliphatic rings. The minimum Gasteiger partial charge on any atom is -0.353 e. The van der Waals surface area contributed by atoms with E-state index in [9.17, 15) is 13.2 Å².